The number of carbonyl (C=O) groups excluding carboxylic acids is 1. The second-order valence-corrected chi connectivity index (χ2v) is 6.28. The summed E-state index contributed by atoms with van der Waals surface area (Å²) in [4.78, 5) is 12.3. The fourth-order valence-corrected chi connectivity index (χ4v) is 2.99. The van der Waals surface area contributed by atoms with Crippen molar-refractivity contribution in [3.05, 3.63) is 63.6 Å². The summed E-state index contributed by atoms with van der Waals surface area (Å²) in [5, 5.41) is 14.4. The summed E-state index contributed by atoms with van der Waals surface area (Å²) < 4.78 is 5.53. The third-order valence-electron chi connectivity index (χ3n) is 3.88. The van der Waals surface area contributed by atoms with Crippen molar-refractivity contribution in [3.8, 4) is 5.75 Å². The minimum Gasteiger partial charge on any atom is -0.493 e. The van der Waals surface area contributed by atoms with Crippen LogP contribution in [0.1, 0.15) is 22.3 Å². The molecule has 2 aromatic carbocycles. The van der Waals surface area contributed by atoms with Crippen LogP contribution in [-0.4, -0.2) is 24.2 Å². The molecule has 0 aromatic heterocycles. The number of halogens is 2. The van der Waals surface area contributed by atoms with Crippen molar-refractivity contribution in [2.24, 2.45) is 0 Å². The maximum absolute atomic E-state index is 12.3. The molecule has 1 amide bonds. The van der Waals surface area contributed by atoms with Crippen molar-refractivity contribution in [2.75, 3.05) is 13.2 Å². The van der Waals surface area contributed by atoms with Crippen LogP contribution in [0.4, 0.5) is 0 Å². The Morgan fingerprint density at radius 3 is 2.87 bits per heavy atom. The van der Waals surface area contributed by atoms with E-state index in [1.165, 1.54) is 6.07 Å². The monoisotopic (exact) mass is 351 g/mol. The summed E-state index contributed by atoms with van der Waals surface area (Å²) >= 11 is 11.9. The van der Waals surface area contributed by atoms with Gasteiger partial charge in [0.2, 0.25) is 0 Å². The van der Waals surface area contributed by atoms with E-state index in [0.717, 1.165) is 0 Å². The molecule has 1 heterocycles. The van der Waals surface area contributed by atoms with Gasteiger partial charge in [0.15, 0.2) is 0 Å². The first kappa shape index (κ1) is 16.1. The van der Waals surface area contributed by atoms with Gasteiger partial charge in [0, 0.05) is 17.0 Å². The van der Waals surface area contributed by atoms with E-state index in [1.807, 2.05) is 12.1 Å². The Labute approximate surface area is 144 Å². The number of para-hydroxylation sites is 1. The molecule has 1 aliphatic heterocycles. The normalized spacial score (nSPS) is 19.6. The van der Waals surface area contributed by atoms with Crippen molar-refractivity contribution in [1.29, 1.82) is 0 Å². The van der Waals surface area contributed by atoms with Crippen molar-refractivity contribution in [2.45, 2.75) is 12.0 Å². The largest absolute Gasteiger partial charge is 0.493 e. The van der Waals surface area contributed by atoms with Crippen LogP contribution in [0.25, 0.3) is 0 Å². The molecule has 3 rings (SSSR count). The highest BCUT2D eigenvalue weighted by Gasteiger charge is 2.35. The lowest BCUT2D eigenvalue weighted by Crippen LogP contribution is -2.44. The third-order valence-corrected chi connectivity index (χ3v) is 4.44. The number of ether oxygens (including phenoxy) is 1. The van der Waals surface area contributed by atoms with Gasteiger partial charge in [-0.15, -0.1) is 0 Å². The van der Waals surface area contributed by atoms with Crippen LogP contribution in [0.2, 0.25) is 10.0 Å². The summed E-state index contributed by atoms with van der Waals surface area (Å²) in [7, 11) is 0. The van der Waals surface area contributed by atoms with Gasteiger partial charge in [-0.2, -0.15) is 0 Å². The van der Waals surface area contributed by atoms with Crippen LogP contribution in [0.3, 0.4) is 0 Å². The van der Waals surface area contributed by atoms with Crippen LogP contribution in [0, 0.1) is 0 Å². The summed E-state index contributed by atoms with van der Waals surface area (Å²) in [5.41, 5.74) is -0.220. The highest BCUT2D eigenvalue weighted by atomic mass is 35.5. The first-order valence-electron chi connectivity index (χ1n) is 7.17. The standard InChI is InChI=1S/C17H15Cl2NO3/c18-11-5-6-14(19)12(9-11)16(21)20-10-17(22)7-8-23-15-4-2-1-3-13(15)17/h1-6,9,22H,7-8,10H2,(H,20,21)/t17-/m0/s1. The summed E-state index contributed by atoms with van der Waals surface area (Å²) in [5.74, 6) is 0.256. The van der Waals surface area contributed by atoms with Gasteiger partial charge in [-0.25, -0.2) is 0 Å². The molecule has 0 saturated carbocycles. The fourth-order valence-electron chi connectivity index (χ4n) is 2.62. The minimum atomic E-state index is -1.17. The van der Waals surface area contributed by atoms with Crippen LogP contribution < -0.4 is 10.1 Å². The van der Waals surface area contributed by atoms with Crippen molar-refractivity contribution < 1.29 is 14.6 Å². The molecule has 2 N–H and O–H groups in total. The zero-order chi connectivity index (χ0) is 16.4. The van der Waals surface area contributed by atoms with E-state index in [9.17, 15) is 9.90 Å². The van der Waals surface area contributed by atoms with Gasteiger partial charge in [0.05, 0.1) is 23.7 Å². The van der Waals surface area contributed by atoms with Gasteiger partial charge in [0.25, 0.3) is 5.91 Å². The van der Waals surface area contributed by atoms with Crippen molar-refractivity contribution in [1.82, 2.24) is 5.32 Å². The second kappa shape index (κ2) is 6.40. The quantitative estimate of drug-likeness (QED) is 0.890. The van der Waals surface area contributed by atoms with Gasteiger partial charge in [-0.1, -0.05) is 41.4 Å². The second-order valence-electron chi connectivity index (χ2n) is 5.43. The van der Waals surface area contributed by atoms with E-state index in [4.69, 9.17) is 27.9 Å². The molecule has 23 heavy (non-hydrogen) atoms. The third kappa shape index (κ3) is 3.29. The van der Waals surface area contributed by atoms with Crippen molar-refractivity contribution >= 4 is 29.1 Å². The average Bonchev–Trinajstić information content (AvgIpc) is 2.55. The SMILES string of the molecule is O=C(NC[C@@]1(O)CCOc2ccccc21)c1cc(Cl)ccc1Cl. The molecule has 6 heteroatoms. The van der Waals surface area contributed by atoms with Crippen molar-refractivity contribution in [3.63, 3.8) is 0 Å². The summed E-state index contributed by atoms with van der Waals surface area (Å²) in [6.45, 7) is 0.455. The van der Waals surface area contributed by atoms with E-state index in [1.54, 1.807) is 24.3 Å². The van der Waals surface area contributed by atoms with Gasteiger partial charge in [-0.05, 0) is 24.3 Å². The molecule has 1 aliphatic rings. The Kier molecular flexibility index (Phi) is 4.48. The van der Waals surface area contributed by atoms with E-state index in [-0.39, 0.29) is 18.0 Å². The highest BCUT2D eigenvalue weighted by molar-refractivity contribution is 6.35. The molecule has 2 aromatic rings. The zero-order valence-electron chi connectivity index (χ0n) is 12.2. The van der Waals surface area contributed by atoms with Gasteiger partial charge >= 0.3 is 0 Å². The number of hydrogen-bond acceptors (Lipinski definition) is 3. The lowest BCUT2D eigenvalue weighted by Gasteiger charge is -2.34. The number of benzene rings is 2. The summed E-state index contributed by atoms with van der Waals surface area (Å²) in [6, 6.07) is 12.0. The molecule has 1 atom stereocenters. The number of hydrogen-bond donors (Lipinski definition) is 2. The summed E-state index contributed by atoms with van der Waals surface area (Å²) in [6.07, 6.45) is 0.396. The molecule has 0 fully saturated rings. The Hall–Kier alpha value is -1.75. The molecule has 0 aliphatic carbocycles. The first-order chi connectivity index (χ1) is 11.0. The molecule has 0 radical (unpaired) electrons. The van der Waals surface area contributed by atoms with Gasteiger partial charge in [0.1, 0.15) is 11.4 Å². The van der Waals surface area contributed by atoms with Gasteiger partial charge in [-0.3, -0.25) is 4.79 Å². The molecular weight excluding hydrogens is 337 g/mol. The van der Waals surface area contributed by atoms with E-state index in [0.29, 0.717) is 34.4 Å². The maximum Gasteiger partial charge on any atom is 0.252 e. The highest BCUT2D eigenvalue weighted by Crippen LogP contribution is 2.36. The van der Waals surface area contributed by atoms with Gasteiger partial charge < -0.3 is 15.2 Å². The molecule has 0 unspecified atom stereocenters. The Bertz CT molecular complexity index is 750. The predicted molar refractivity (Wildman–Crippen MR) is 89.2 cm³/mol. The van der Waals surface area contributed by atoms with Crippen LogP contribution in [0.15, 0.2) is 42.5 Å². The Morgan fingerprint density at radius 2 is 2.04 bits per heavy atom. The number of nitrogens with one attached hydrogen (secondary N) is 1. The number of carbonyl (C=O) groups is 1. The van der Waals surface area contributed by atoms with Crippen LogP contribution in [0.5, 0.6) is 5.75 Å². The molecule has 0 spiro atoms. The zero-order valence-corrected chi connectivity index (χ0v) is 13.7. The van der Waals surface area contributed by atoms with E-state index >= 15 is 0 Å². The molecule has 120 valence electrons. The maximum atomic E-state index is 12.3. The average molecular weight is 352 g/mol. The fraction of sp³-hybridized carbons (Fsp3) is 0.235. The lowest BCUT2D eigenvalue weighted by molar-refractivity contribution is -0.00160. The topological polar surface area (TPSA) is 58.6 Å². The Morgan fingerprint density at radius 1 is 1.26 bits per heavy atom. The van der Waals surface area contributed by atoms with E-state index < -0.39 is 5.60 Å². The number of fused-ring (bicyclic) bond motifs is 1. The number of amides is 1. The predicted octanol–water partition coefficient (Wildman–Crippen LogP) is 3.39. The Balaban J connectivity index is 1.78. The smallest absolute Gasteiger partial charge is 0.252 e. The molecular formula is C17H15Cl2NO3. The first-order valence-corrected chi connectivity index (χ1v) is 7.93. The number of rotatable bonds is 3. The molecule has 0 saturated heterocycles. The molecule has 0 bridgehead atoms. The van der Waals surface area contributed by atoms with Crippen LogP contribution >= 0.6 is 23.2 Å². The number of aliphatic hydroxyl groups is 1. The minimum absolute atomic E-state index is 0.0645. The molecule has 4 nitrogen and oxygen atoms in total. The van der Waals surface area contributed by atoms with E-state index in [2.05, 4.69) is 5.32 Å². The van der Waals surface area contributed by atoms with Crippen LogP contribution in [-0.2, 0) is 5.60 Å². The lowest BCUT2D eigenvalue weighted by atomic mass is 9.88.